The Hall–Kier alpha value is -3.96. The minimum atomic E-state index is -5.31. The van der Waals surface area contributed by atoms with E-state index in [4.69, 9.17) is 4.74 Å². The van der Waals surface area contributed by atoms with E-state index in [2.05, 4.69) is 24.6 Å². The molecule has 1 N–H and O–H groups in total. The van der Waals surface area contributed by atoms with Gasteiger partial charge in [0.1, 0.15) is 6.73 Å². The first-order valence-electron chi connectivity index (χ1n) is 15.2. The normalized spacial score (nSPS) is 14.1. The molecule has 5 aromatic rings. The molecule has 0 amide bonds. The van der Waals surface area contributed by atoms with Crippen molar-refractivity contribution < 1.29 is 31.4 Å². The maximum atomic E-state index is 15.6. The summed E-state index contributed by atoms with van der Waals surface area (Å²) in [5, 5.41) is 21.7. The van der Waals surface area contributed by atoms with Crippen molar-refractivity contribution >= 4 is 40.0 Å². The van der Waals surface area contributed by atoms with Crippen LogP contribution in [0.4, 0.5) is 13.2 Å². The number of aliphatic hydroxyl groups is 1. The molecular weight excluding hydrogens is 646 g/mol. The Morgan fingerprint density at radius 2 is 1.72 bits per heavy atom. The van der Waals surface area contributed by atoms with Crippen LogP contribution in [0.5, 0.6) is 0 Å². The van der Waals surface area contributed by atoms with Crippen LogP contribution in [0, 0.1) is 25.2 Å². The molecule has 0 aliphatic rings. The number of halogens is 3. The summed E-state index contributed by atoms with van der Waals surface area (Å²) < 4.78 is 82.6. The molecule has 0 bridgehead atoms. The summed E-state index contributed by atoms with van der Waals surface area (Å²) in [5.41, 5.74) is -2.22. The van der Waals surface area contributed by atoms with Gasteiger partial charge in [-0.1, -0.05) is 50.3 Å². The number of aryl methyl sites for hydroxylation is 3. The molecule has 8 nitrogen and oxygen atoms in total. The highest BCUT2D eigenvalue weighted by molar-refractivity contribution is 7.90. The second-order valence-corrected chi connectivity index (χ2v) is 20.4. The summed E-state index contributed by atoms with van der Waals surface area (Å²) in [6.45, 7) is 11.5. The van der Waals surface area contributed by atoms with Crippen molar-refractivity contribution in [3.05, 3.63) is 94.4 Å². The van der Waals surface area contributed by atoms with Crippen LogP contribution < -0.4 is 0 Å². The van der Waals surface area contributed by atoms with E-state index in [0.29, 0.717) is 5.56 Å². The zero-order valence-electron chi connectivity index (χ0n) is 27.1. The van der Waals surface area contributed by atoms with Crippen molar-refractivity contribution in [2.45, 2.75) is 76.3 Å². The van der Waals surface area contributed by atoms with Crippen LogP contribution in [-0.2, 0) is 33.5 Å². The van der Waals surface area contributed by atoms with Crippen molar-refractivity contribution in [2.75, 3.05) is 6.61 Å². The molecule has 0 aliphatic heterocycles. The molecule has 0 saturated heterocycles. The number of hydrogen-bond donors (Lipinski definition) is 1. The first kappa shape index (κ1) is 34.4. The number of nitriles is 1. The van der Waals surface area contributed by atoms with Crippen molar-refractivity contribution in [1.29, 1.82) is 5.26 Å². The van der Waals surface area contributed by atoms with E-state index in [1.54, 1.807) is 26.0 Å². The summed E-state index contributed by atoms with van der Waals surface area (Å²) in [6, 6.07) is 16.0. The fourth-order valence-corrected chi connectivity index (χ4v) is 7.99. The quantitative estimate of drug-likeness (QED) is 0.122. The molecule has 2 heterocycles. The number of hydrogen-bond acceptors (Lipinski definition) is 6. The number of ether oxygens (including phenoxy) is 1. The van der Waals surface area contributed by atoms with Crippen molar-refractivity contribution in [3.63, 3.8) is 0 Å². The van der Waals surface area contributed by atoms with Crippen molar-refractivity contribution in [2.24, 2.45) is 0 Å². The molecule has 0 fully saturated rings. The highest BCUT2D eigenvalue weighted by Gasteiger charge is 2.61. The first-order chi connectivity index (χ1) is 21.9. The Morgan fingerprint density at radius 1 is 1.04 bits per heavy atom. The minimum absolute atomic E-state index is 0.0151. The SMILES string of the molecule is CCc1cc(C)c2c(ccn2S(=O)(=O)c2ccc(C)cc2)c1C(O)(c1nc2ccc(C#N)cc2n1COCC[Si](C)(C)C)C(F)(F)F. The molecule has 13 heteroatoms. The van der Waals surface area contributed by atoms with Gasteiger partial charge in [-0.15, -0.1) is 0 Å². The maximum Gasteiger partial charge on any atom is 0.428 e. The lowest BCUT2D eigenvalue weighted by atomic mass is 9.83. The summed E-state index contributed by atoms with van der Waals surface area (Å²) in [7, 11) is -5.76. The van der Waals surface area contributed by atoms with Gasteiger partial charge >= 0.3 is 6.18 Å². The molecule has 47 heavy (non-hydrogen) atoms. The summed E-state index contributed by atoms with van der Waals surface area (Å²) in [6.07, 6.45) is -3.99. The van der Waals surface area contributed by atoms with E-state index >= 15 is 13.2 Å². The predicted octanol–water partition coefficient (Wildman–Crippen LogP) is 7.39. The number of rotatable bonds is 10. The average Bonchev–Trinajstić information content (AvgIpc) is 3.61. The Morgan fingerprint density at radius 3 is 2.32 bits per heavy atom. The number of alkyl halides is 3. The van der Waals surface area contributed by atoms with Gasteiger partial charge in [0.2, 0.25) is 5.60 Å². The van der Waals surface area contributed by atoms with E-state index in [-0.39, 0.29) is 57.7 Å². The summed E-state index contributed by atoms with van der Waals surface area (Å²) >= 11 is 0. The molecule has 248 valence electrons. The molecule has 0 spiro atoms. The van der Waals surface area contributed by atoms with Crippen LogP contribution in [-0.4, -0.2) is 47.9 Å². The Balaban J connectivity index is 1.81. The van der Waals surface area contributed by atoms with E-state index in [1.165, 1.54) is 53.2 Å². The topological polar surface area (TPSA) is 110 Å². The zero-order chi connectivity index (χ0) is 34.5. The monoisotopic (exact) mass is 682 g/mol. The standard InChI is InChI=1S/C34H37F3N4O4SSi/c1-7-25-18-23(3)31-27(14-15-41(31)46(43,44)26-11-8-22(2)9-12-26)30(25)33(42,34(35,36)37)32-39-28-13-10-24(20-38)19-29(28)40(32)21-45-16-17-47(4,5)6/h8-15,18-19,42H,7,16-17,21H2,1-6H3. The molecule has 2 aromatic heterocycles. The third-order valence-electron chi connectivity index (χ3n) is 8.36. The van der Waals surface area contributed by atoms with Gasteiger partial charge in [0.25, 0.3) is 10.0 Å². The van der Waals surface area contributed by atoms with Gasteiger partial charge in [-0.25, -0.2) is 17.4 Å². The van der Waals surface area contributed by atoms with Crippen molar-refractivity contribution in [1.82, 2.24) is 13.5 Å². The van der Waals surface area contributed by atoms with E-state index in [0.717, 1.165) is 15.6 Å². The lowest BCUT2D eigenvalue weighted by molar-refractivity contribution is -0.252. The van der Waals surface area contributed by atoms with Crippen LogP contribution in [0.1, 0.15) is 40.6 Å². The van der Waals surface area contributed by atoms with Gasteiger partial charge in [0.15, 0.2) is 5.82 Å². The molecule has 5 rings (SSSR count). The first-order valence-corrected chi connectivity index (χ1v) is 20.3. The fraction of sp³-hybridized carbons (Fsp3) is 0.353. The van der Waals surface area contributed by atoms with E-state index in [9.17, 15) is 18.8 Å². The maximum absolute atomic E-state index is 15.6. The molecule has 1 atom stereocenters. The lowest BCUT2D eigenvalue weighted by Crippen LogP contribution is -2.46. The van der Waals surface area contributed by atoms with Gasteiger partial charge in [-0.05, 0) is 73.8 Å². The lowest BCUT2D eigenvalue weighted by Gasteiger charge is -2.33. The van der Waals surface area contributed by atoms with Crippen LogP contribution in [0.25, 0.3) is 21.9 Å². The zero-order valence-corrected chi connectivity index (χ0v) is 28.9. The molecule has 1 unspecified atom stereocenters. The van der Waals surface area contributed by atoms with E-state index in [1.807, 2.05) is 13.0 Å². The third-order valence-corrected chi connectivity index (χ3v) is 11.7. The van der Waals surface area contributed by atoms with Crippen LogP contribution in [0.15, 0.2) is 65.7 Å². The van der Waals surface area contributed by atoms with Crippen LogP contribution >= 0.6 is 0 Å². The van der Waals surface area contributed by atoms with Crippen LogP contribution in [0.2, 0.25) is 25.7 Å². The molecule has 0 radical (unpaired) electrons. The van der Waals surface area contributed by atoms with Gasteiger partial charge in [0, 0.05) is 31.8 Å². The van der Waals surface area contributed by atoms with Gasteiger partial charge in [-0.2, -0.15) is 18.4 Å². The smallest absolute Gasteiger partial charge is 0.370 e. The number of nitrogens with zero attached hydrogens (tertiary/aromatic N) is 4. The van der Waals surface area contributed by atoms with Gasteiger partial charge in [0.05, 0.1) is 33.1 Å². The van der Waals surface area contributed by atoms with Gasteiger partial charge in [-0.3, -0.25) is 0 Å². The summed E-state index contributed by atoms with van der Waals surface area (Å²) in [4.78, 5) is 4.30. The fourth-order valence-electron chi connectivity index (χ4n) is 5.82. The molecule has 0 saturated carbocycles. The second-order valence-electron chi connectivity index (χ2n) is 13.0. The highest BCUT2D eigenvalue weighted by Crippen LogP contribution is 2.49. The Kier molecular flexibility index (Phi) is 8.95. The Labute approximate surface area is 273 Å². The van der Waals surface area contributed by atoms with Crippen molar-refractivity contribution in [3.8, 4) is 6.07 Å². The highest BCUT2D eigenvalue weighted by atomic mass is 32.2. The number of benzene rings is 3. The number of aromatic nitrogens is 3. The number of imidazole rings is 1. The Bertz CT molecular complexity index is 2130. The predicted molar refractivity (Wildman–Crippen MR) is 177 cm³/mol. The van der Waals surface area contributed by atoms with Gasteiger partial charge < -0.3 is 14.4 Å². The summed E-state index contributed by atoms with van der Waals surface area (Å²) in [5.74, 6) is -0.739. The molecule has 0 aliphatic carbocycles. The number of fused-ring (bicyclic) bond motifs is 2. The molecular formula is C34H37F3N4O4SSi. The van der Waals surface area contributed by atoms with E-state index < -0.39 is 41.3 Å². The second kappa shape index (κ2) is 12.2. The largest absolute Gasteiger partial charge is 0.428 e. The third kappa shape index (κ3) is 6.11. The minimum Gasteiger partial charge on any atom is -0.370 e. The average molecular weight is 683 g/mol. The van der Waals surface area contributed by atoms with Crippen LogP contribution in [0.3, 0.4) is 0 Å². The molecule has 3 aromatic carbocycles.